The van der Waals surface area contributed by atoms with Crippen molar-refractivity contribution in [1.82, 2.24) is 10.3 Å². The lowest BCUT2D eigenvalue weighted by Gasteiger charge is -2.08. The zero-order valence-electron chi connectivity index (χ0n) is 10.2. The first-order valence-corrected chi connectivity index (χ1v) is 6.43. The van der Waals surface area contributed by atoms with Gasteiger partial charge in [-0.1, -0.05) is 36.9 Å². The van der Waals surface area contributed by atoms with E-state index in [2.05, 4.69) is 34.9 Å². The van der Waals surface area contributed by atoms with Gasteiger partial charge in [-0.2, -0.15) is 0 Å². The highest BCUT2D eigenvalue weighted by atomic mass is 32.1. The first-order chi connectivity index (χ1) is 8.70. The van der Waals surface area contributed by atoms with Gasteiger partial charge in [0.05, 0.1) is 10.6 Å². The lowest BCUT2D eigenvalue weighted by atomic mass is 10.2. The molecule has 2 rings (SSSR count). The second kappa shape index (κ2) is 5.52. The predicted octanol–water partition coefficient (Wildman–Crippen LogP) is 3.19. The van der Waals surface area contributed by atoms with E-state index in [-0.39, 0.29) is 0 Å². The lowest BCUT2D eigenvalue weighted by Crippen LogP contribution is -2.10. The first kappa shape index (κ1) is 12.4. The normalized spacial score (nSPS) is 9.78. The molecule has 0 spiro atoms. The topological polar surface area (TPSA) is 24.9 Å². The van der Waals surface area contributed by atoms with Gasteiger partial charge in [-0.15, -0.1) is 17.8 Å². The highest BCUT2D eigenvalue weighted by molar-refractivity contribution is 7.13. The van der Waals surface area contributed by atoms with E-state index < -0.39 is 0 Å². The molecule has 1 aromatic carbocycles. The van der Waals surface area contributed by atoms with Crippen LogP contribution in [0.2, 0.25) is 0 Å². The average molecular weight is 254 g/mol. The van der Waals surface area contributed by atoms with E-state index in [1.165, 1.54) is 16.9 Å². The highest BCUT2D eigenvalue weighted by Crippen LogP contribution is 2.23. The molecule has 1 heterocycles. The molecule has 0 bridgehead atoms. The zero-order valence-corrected chi connectivity index (χ0v) is 11.1. The maximum Gasteiger partial charge on any atom is 0.167 e. The highest BCUT2D eigenvalue weighted by Gasteiger charge is 2.09. The number of benzene rings is 1. The third kappa shape index (κ3) is 2.79. The van der Waals surface area contributed by atoms with Crippen LogP contribution in [-0.2, 0) is 6.54 Å². The van der Waals surface area contributed by atoms with Crippen LogP contribution in [0.5, 0.6) is 0 Å². The zero-order chi connectivity index (χ0) is 13.0. The van der Waals surface area contributed by atoms with Crippen molar-refractivity contribution in [2.45, 2.75) is 13.5 Å². The summed E-state index contributed by atoms with van der Waals surface area (Å²) in [5.74, 6) is 2.56. The minimum Gasteiger partial charge on any atom is -0.380 e. The Kier molecular flexibility index (Phi) is 3.81. The molecule has 0 aliphatic heterocycles. The number of rotatable bonds is 4. The van der Waals surface area contributed by atoms with Crippen LogP contribution in [0.3, 0.4) is 0 Å². The van der Waals surface area contributed by atoms with Crippen LogP contribution < -0.4 is 5.32 Å². The minimum atomic E-state index is 0.699. The van der Waals surface area contributed by atoms with Gasteiger partial charge in [0.15, 0.2) is 5.01 Å². The summed E-state index contributed by atoms with van der Waals surface area (Å²) in [5.41, 5.74) is 3.02. The number of hydrogen-bond donors (Lipinski definition) is 1. The van der Waals surface area contributed by atoms with Crippen LogP contribution >= 0.6 is 11.3 Å². The molecule has 0 fully saturated rings. The van der Waals surface area contributed by atoms with E-state index in [1.807, 2.05) is 25.1 Å². The molecule has 0 aliphatic carbocycles. The summed E-state index contributed by atoms with van der Waals surface area (Å²) in [6, 6.07) is 10.2. The Hall–Kier alpha value is -2.05. The summed E-state index contributed by atoms with van der Waals surface area (Å²) in [7, 11) is 0. The first-order valence-electron chi connectivity index (χ1n) is 5.62. The van der Waals surface area contributed by atoms with Gasteiger partial charge < -0.3 is 5.32 Å². The van der Waals surface area contributed by atoms with Gasteiger partial charge >= 0.3 is 0 Å². The average Bonchev–Trinajstić information content (AvgIpc) is 2.78. The van der Waals surface area contributed by atoms with E-state index in [1.54, 1.807) is 0 Å². The van der Waals surface area contributed by atoms with E-state index in [4.69, 9.17) is 6.42 Å². The van der Waals surface area contributed by atoms with E-state index in [0.717, 1.165) is 22.8 Å². The van der Waals surface area contributed by atoms with Crippen molar-refractivity contribution in [2.75, 3.05) is 0 Å². The monoisotopic (exact) mass is 254 g/mol. The molecule has 1 N–H and O–H groups in total. The Morgan fingerprint density at radius 1 is 1.44 bits per heavy atom. The molecule has 2 aromatic rings. The fourth-order valence-electron chi connectivity index (χ4n) is 1.62. The molecule has 0 saturated carbocycles. The second-order valence-corrected chi connectivity index (χ2v) is 4.89. The molecule has 0 atom stereocenters. The number of nitrogens with one attached hydrogen (secondary N) is 1. The van der Waals surface area contributed by atoms with Crippen molar-refractivity contribution in [1.29, 1.82) is 0 Å². The van der Waals surface area contributed by atoms with E-state index >= 15 is 0 Å². The molecular weight excluding hydrogens is 240 g/mol. The van der Waals surface area contributed by atoms with Gasteiger partial charge in [-0.05, 0) is 18.4 Å². The largest absolute Gasteiger partial charge is 0.380 e. The van der Waals surface area contributed by atoms with Crippen LogP contribution in [0.4, 0.5) is 0 Å². The number of hydrogen-bond acceptors (Lipinski definition) is 3. The number of terminal acetylenes is 1. The molecule has 1 aromatic heterocycles. The SMILES string of the molecule is C#Cc1nc(C)c(C(=C)NCc2ccccc2)s1. The maximum atomic E-state index is 5.35. The fourth-order valence-corrected chi connectivity index (χ4v) is 2.45. The maximum absolute atomic E-state index is 5.35. The van der Waals surface area contributed by atoms with Crippen molar-refractivity contribution in [3.8, 4) is 12.3 Å². The van der Waals surface area contributed by atoms with Crippen LogP contribution in [0, 0.1) is 19.3 Å². The third-order valence-corrected chi connectivity index (χ3v) is 3.69. The quantitative estimate of drug-likeness (QED) is 0.848. The molecule has 18 heavy (non-hydrogen) atoms. The number of aromatic nitrogens is 1. The van der Waals surface area contributed by atoms with Gasteiger partial charge in [0.2, 0.25) is 0 Å². The fraction of sp³-hybridized carbons (Fsp3) is 0.133. The molecule has 0 amide bonds. The summed E-state index contributed by atoms with van der Waals surface area (Å²) < 4.78 is 0. The van der Waals surface area contributed by atoms with E-state index in [9.17, 15) is 0 Å². The van der Waals surface area contributed by atoms with Gasteiger partial charge in [-0.3, -0.25) is 0 Å². The Labute approximate surface area is 111 Å². The smallest absolute Gasteiger partial charge is 0.167 e. The van der Waals surface area contributed by atoms with E-state index in [0.29, 0.717) is 5.01 Å². The molecule has 90 valence electrons. The van der Waals surface area contributed by atoms with Crippen LogP contribution in [-0.4, -0.2) is 4.98 Å². The van der Waals surface area contributed by atoms with Gasteiger partial charge in [0, 0.05) is 12.2 Å². The Balaban J connectivity index is 2.04. The summed E-state index contributed by atoms with van der Waals surface area (Å²) in [5, 5.41) is 4.00. The Bertz CT molecular complexity index is 591. The predicted molar refractivity (Wildman–Crippen MR) is 77.1 cm³/mol. The van der Waals surface area contributed by atoms with Crippen LogP contribution in [0.25, 0.3) is 5.70 Å². The van der Waals surface area contributed by atoms with Crippen molar-refractivity contribution in [3.63, 3.8) is 0 Å². The number of thiazole rings is 1. The molecule has 3 heteroatoms. The second-order valence-electron chi connectivity index (χ2n) is 3.90. The lowest BCUT2D eigenvalue weighted by molar-refractivity contribution is 0.892. The number of nitrogens with zero attached hydrogens (tertiary/aromatic N) is 1. The summed E-state index contributed by atoms with van der Waals surface area (Å²) in [4.78, 5) is 5.31. The number of aryl methyl sites for hydroxylation is 1. The van der Waals surface area contributed by atoms with Gasteiger partial charge in [0.1, 0.15) is 0 Å². The van der Waals surface area contributed by atoms with Gasteiger partial charge in [0.25, 0.3) is 0 Å². The molecule has 0 aliphatic rings. The molecule has 2 nitrogen and oxygen atoms in total. The van der Waals surface area contributed by atoms with Crippen LogP contribution in [0.1, 0.15) is 21.1 Å². The molecule has 0 radical (unpaired) electrons. The molecule has 0 saturated heterocycles. The van der Waals surface area contributed by atoms with Crippen molar-refractivity contribution >= 4 is 17.0 Å². The summed E-state index contributed by atoms with van der Waals surface area (Å²) in [6.07, 6.45) is 5.35. The Morgan fingerprint density at radius 2 is 2.17 bits per heavy atom. The van der Waals surface area contributed by atoms with Crippen molar-refractivity contribution in [3.05, 3.63) is 58.1 Å². The molecular formula is C15H14N2S. The van der Waals surface area contributed by atoms with Gasteiger partial charge in [-0.25, -0.2) is 4.98 Å². The van der Waals surface area contributed by atoms with Crippen molar-refractivity contribution in [2.24, 2.45) is 0 Å². The third-order valence-electron chi connectivity index (χ3n) is 2.54. The minimum absolute atomic E-state index is 0.699. The summed E-state index contributed by atoms with van der Waals surface area (Å²) in [6.45, 7) is 6.74. The molecule has 0 unspecified atom stereocenters. The van der Waals surface area contributed by atoms with Crippen molar-refractivity contribution < 1.29 is 0 Å². The Morgan fingerprint density at radius 3 is 2.78 bits per heavy atom. The summed E-state index contributed by atoms with van der Waals surface area (Å²) >= 11 is 1.49. The van der Waals surface area contributed by atoms with Crippen LogP contribution in [0.15, 0.2) is 36.9 Å². The standard InChI is InChI=1S/C15H14N2S/c1-4-14-17-12(3)15(18-14)11(2)16-10-13-8-6-5-7-9-13/h1,5-9,16H,2,10H2,3H3.